The topological polar surface area (TPSA) is 34.1 Å². The minimum absolute atomic E-state index is 0.00662. The number of hydrogen-bond donors (Lipinski definition) is 0. The van der Waals surface area contributed by atoms with Crippen LogP contribution in [-0.4, -0.2) is 15.1 Å². The second-order valence-corrected chi connectivity index (χ2v) is 6.27. The van der Waals surface area contributed by atoms with Crippen LogP contribution in [0.25, 0.3) is 0 Å². The van der Waals surface area contributed by atoms with E-state index in [1.807, 2.05) is 30.3 Å². The molecule has 0 aliphatic carbocycles. The summed E-state index contributed by atoms with van der Waals surface area (Å²) in [6, 6.07) is 9.79. The molecule has 0 saturated heterocycles. The van der Waals surface area contributed by atoms with Gasteiger partial charge in [0.1, 0.15) is 0 Å². The van der Waals surface area contributed by atoms with Crippen molar-refractivity contribution in [1.82, 2.24) is 0 Å². The molecule has 92 valence electrons. The Balaban J connectivity index is 2.44. The van der Waals surface area contributed by atoms with E-state index < -0.39 is 9.99 Å². The van der Waals surface area contributed by atoms with Gasteiger partial charge in [0.25, 0.3) is 0 Å². The van der Waals surface area contributed by atoms with Crippen LogP contribution in [0.4, 0.5) is 0 Å². The minimum atomic E-state index is -0.838. The summed E-state index contributed by atoms with van der Waals surface area (Å²) in [5.41, 5.74) is 1.12. The van der Waals surface area contributed by atoms with E-state index in [1.165, 1.54) is 0 Å². The van der Waals surface area contributed by atoms with Crippen molar-refractivity contribution in [3.8, 4) is 0 Å². The highest BCUT2D eigenvalue weighted by atomic mass is 35.5. The van der Waals surface area contributed by atoms with Gasteiger partial charge in [-0.15, -0.1) is 0 Å². The average Bonchev–Trinajstić information content (AvgIpc) is 2.27. The summed E-state index contributed by atoms with van der Waals surface area (Å²) in [5, 5.41) is -0.497. The van der Waals surface area contributed by atoms with E-state index in [-0.39, 0.29) is 5.12 Å². The minimum Gasteiger partial charge on any atom is -0.287 e. The molecule has 0 spiro atoms. The van der Waals surface area contributed by atoms with E-state index in [0.717, 1.165) is 17.3 Å². The predicted molar refractivity (Wildman–Crippen MR) is 72.3 cm³/mol. The molecule has 0 unspecified atom stereocenters. The fourth-order valence-corrected chi connectivity index (χ4v) is 2.24. The molecule has 1 aromatic rings. The summed E-state index contributed by atoms with van der Waals surface area (Å²) in [6.07, 6.45) is 1.11. The molecule has 0 amide bonds. The van der Waals surface area contributed by atoms with E-state index in [2.05, 4.69) is 0 Å². The Morgan fingerprint density at radius 2 is 1.82 bits per heavy atom. The maximum absolute atomic E-state index is 11.7. The summed E-state index contributed by atoms with van der Waals surface area (Å²) in [4.78, 5) is 22.8. The highest BCUT2D eigenvalue weighted by Gasteiger charge is 2.29. The smallest absolute Gasteiger partial charge is 0.237 e. The van der Waals surface area contributed by atoms with Crippen LogP contribution in [0.3, 0.4) is 0 Å². The first-order valence-corrected chi connectivity index (χ1v) is 6.57. The molecule has 17 heavy (non-hydrogen) atoms. The van der Waals surface area contributed by atoms with Gasteiger partial charge < -0.3 is 0 Å². The molecule has 0 N–H and O–H groups in total. The summed E-state index contributed by atoms with van der Waals surface area (Å²) in [7, 11) is 0. The van der Waals surface area contributed by atoms with Gasteiger partial charge in [-0.25, -0.2) is 0 Å². The van der Waals surface area contributed by atoms with Gasteiger partial charge in [0.05, 0.1) is 4.75 Å². The van der Waals surface area contributed by atoms with Crippen molar-refractivity contribution < 1.29 is 9.59 Å². The van der Waals surface area contributed by atoms with Gasteiger partial charge >= 0.3 is 0 Å². The van der Waals surface area contributed by atoms with Crippen molar-refractivity contribution in [3.63, 3.8) is 0 Å². The molecule has 0 aliphatic heterocycles. The molecule has 0 radical (unpaired) electrons. The number of rotatable bonds is 5. The molecule has 0 bridgehead atoms. The summed E-state index contributed by atoms with van der Waals surface area (Å²) >= 11 is 6.43. The van der Waals surface area contributed by atoms with Crippen LogP contribution in [0.1, 0.15) is 25.8 Å². The second-order valence-electron chi connectivity index (χ2n) is 4.24. The molecule has 0 atom stereocenters. The van der Waals surface area contributed by atoms with E-state index in [9.17, 15) is 9.59 Å². The highest BCUT2D eigenvalue weighted by Crippen LogP contribution is 2.28. The summed E-state index contributed by atoms with van der Waals surface area (Å²) in [5.74, 6) is 0. The third-order valence-electron chi connectivity index (χ3n) is 2.30. The summed E-state index contributed by atoms with van der Waals surface area (Å²) in [6.45, 7) is 3.32. The largest absolute Gasteiger partial charge is 0.287 e. The van der Waals surface area contributed by atoms with Crippen molar-refractivity contribution in [2.75, 3.05) is 0 Å². The lowest BCUT2D eigenvalue weighted by atomic mass is 10.1. The van der Waals surface area contributed by atoms with Gasteiger partial charge in [-0.1, -0.05) is 42.1 Å². The van der Waals surface area contributed by atoms with Crippen LogP contribution in [0.15, 0.2) is 30.3 Å². The maximum Gasteiger partial charge on any atom is 0.237 e. The fraction of sp³-hybridized carbons (Fsp3) is 0.385. The van der Waals surface area contributed by atoms with E-state index in [0.29, 0.717) is 12.8 Å². The molecule has 0 aromatic heterocycles. The third-order valence-corrected chi connectivity index (χ3v) is 4.01. The Labute approximate surface area is 111 Å². The van der Waals surface area contributed by atoms with Gasteiger partial charge in [0.15, 0.2) is 5.12 Å². The molecule has 0 saturated carbocycles. The zero-order chi connectivity index (χ0) is 12.9. The van der Waals surface area contributed by atoms with Crippen LogP contribution in [0, 0.1) is 0 Å². The van der Waals surface area contributed by atoms with Crippen LogP contribution >= 0.6 is 23.4 Å². The van der Waals surface area contributed by atoms with Crippen molar-refractivity contribution >= 4 is 33.7 Å². The number of carbonyl (C=O) groups excluding carboxylic acids is 2. The lowest BCUT2D eigenvalue weighted by Gasteiger charge is -2.17. The van der Waals surface area contributed by atoms with Gasteiger partial charge in [-0.05, 0) is 37.4 Å². The zero-order valence-corrected chi connectivity index (χ0v) is 11.5. The summed E-state index contributed by atoms with van der Waals surface area (Å²) < 4.78 is -0.838. The molecular formula is C13H15ClO2S. The van der Waals surface area contributed by atoms with Crippen LogP contribution < -0.4 is 0 Å². The van der Waals surface area contributed by atoms with E-state index in [1.54, 1.807) is 13.8 Å². The van der Waals surface area contributed by atoms with E-state index >= 15 is 0 Å². The lowest BCUT2D eigenvalue weighted by Crippen LogP contribution is -2.25. The second kappa shape index (κ2) is 6.22. The van der Waals surface area contributed by atoms with Crippen molar-refractivity contribution in [3.05, 3.63) is 35.9 Å². The Bertz CT molecular complexity index is 401. The molecule has 0 fully saturated rings. The molecule has 1 aromatic carbocycles. The first-order valence-electron chi connectivity index (χ1n) is 5.37. The number of hydrogen-bond acceptors (Lipinski definition) is 3. The molecule has 1 rings (SSSR count). The maximum atomic E-state index is 11.7. The Hall–Kier alpha value is -0.800. The van der Waals surface area contributed by atoms with Crippen LogP contribution in [-0.2, 0) is 16.0 Å². The average molecular weight is 271 g/mol. The van der Waals surface area contributed by atoms with Gasteiger partial charge in [0, 0.05) is 6.42 Å². The normalized spacial score (nSPS) is 11.2. The first-order chi connectivity index (χ1) is 7.92. The van der Waals surface area contributed by atoms with Crippen molar-refractivity contribution in [2.45, 2.75) is 31.4 Å². The number of aryl methyl sites for hydroxylation is 1. The SMILES string of the molecule is CC(C)(SC(=O)CCc1ccccc1)C(=O)Cl. The monoisotopic (exact) mass is 270 g/mol. The van der Waals surface area contributed by atoms with Crippen LogP contribution in [0.5, 0.6) is 0 Å². The Kier molecular flexibility index (Phi) is 5.22. The molecule has 2 nitrogen and oxygen atoms in total. The number of thioether (sulfide) groups is 1. The highest BCUT2D eigenvalue weighted by molar-refractivity contribution is 8.15. The number of carbonyl (C=O) groups is 2. The molecule has 0 aliphatic rings. The predicted octanol–water partition coefficient (Wildman–Crippen LogP) is 3.42. The number of benzene rings is 1. The van der Waals surface area contributed by atoms with Crippen molar-refractivity contribution in [1.29, 1.82) is 0 Å². The Morgan fingerprint density at radius 1 is 1.24 bits per heavy atom. The third kappa shape index (κ3) is 4.92. The Morgan fingerprint density at radius 3 is 2.35 bits per heavy atom. The number of halogens is 1. The van der Waals surface area contributed by atoms with Gasteiger partial charge in [0.2, 0.25) is 5.24 Å². The van der Waals surface area contributed by atoms with E-state index in [4.69, 9.17) is 11.6 Å². The fourth-order valence-electron chi connectivity index (χ4n) is 1.27. The lowest BCUT2D eigenvalue weighted by molar-refractivity contribution is -0.114. The zero-order valence-electron chi connectivity index (χ0n) is 9.90. The van der Waals surface area contributed by atoms with Crippen molar-refractivity contribution in [2.24, 2.45) is 0 Å². The molecule has 4 heteroatoms. The quantitative estimate of drug-likeness (QED) is 0.769. The first kappa shape index (κ1) is 14.3. The standard InChI is InChI=1S/C13H15ClO2S/c1-13(2,12(14)16)17-11(15)9-8-10-6-4-3-5-7-10/h3-7H,8-9H2,1-2H3. The molecule has 0 heterocycles. The van der Waals surface area contributed by atoms with Gasteiger partial charge in [-0.2, -0.15) is 0 Å². The van der Waals surface area contributed by atoms with Gasteiger partial charge in [-0.3, -0.25) is 9.59 Å². The van der Waals surface area contributed by atoms with Crippen LogP contribution in [0.2, 0.25) is 0 Å². The molecular weight excluding hydrogens is 256 g/mol.